The fraction of sp³-hybridized carbons (Fsp3) is 0.950. The number of hydrogen-bond acceptors (Lipinski definition) is 3. The second kappa shape index (κ2) is 12.7. The van der Waals surface area contributed by atoms with Crippen LogP contribution in [0.3, 0.4) is 0 Å². The first-order valence-electron chi connectivity index (χ1n) is 9.93. The van der Waals surface area contributed by atoms with E-state index in [-0.39, 0.29) is 11.0 Å². The molecule has 0 aromatic carbocycles. The third kappa shape index (κ3) is 14.9. The van der Waals surface area contributed by atoms with Crippen molar-refractivity contribution in [1.29, 1.82) is 0 Å². The van der Waals surface area contributed by atoms with Gasteiger partial charge in [-0.25, -0.2) is 0 Å². The monoisotopic (exact) mass is 343 g/mol. The number of unbranched alkanes of at least 4 members (excludes halogenated alkanes) is 10. The molecule has 4 nitrogen and oxygen atoms in total. The number of carboxylic acid groups (broad SMARTS) is 1. The molecule has 0 aromatic heterocycles. The molecule has 144 valence electrons. The van der Waals surface area contributed by atoms with Crippen molar-refractivity contribution in [3.63, 3.8) is 0 Å². The maximum absolute atomic E-state index is 10.8. The minimum absolute atomic E-state index is 0.0611. The highest BCUT2D eigenvalue weighted by atomic mass is 16.4. The molecule has 0 heterocycles. The van der Waals surface area contributed by atoms with Crippen LogP contribution < -0.4 is 5.11 Å². The van der Waals surface area contributed by atoms with Crippen LogP contribution >= 0.6 is 0 Å². The Hall–Kier alpha value is -0.610. The van der Waals surface area contributed by atoms with Crippen LogP contribution in [0, 0.1) is 0 Å². The molecule has 0 fully saturated rings. The van der Waals surface area contributed by atoms with E-state index in [4.69, 9.17) is 0 Å². The molecule has 0 aliphatic rings. The first-order chi connectivity index (χ1) is 11.2. The second-order valence-electron chi connectivity index (χ2n) is 8.41. The van der Waals surface area contributed by atoms with Gasteiger partial charge in [0.25, 0.3) is 0 Å². The topological polar surface area (TPSA) is 60.4 Å². The molecule has 4 heteroatoms. The number of rotatable bonds is 16. The maximum Gasteiger partial charge on any atom is 0.119 e. The molecule has 1 atom stereocenters. The number of carbonyl (C=O) groups excluding carboxylic acids is 1. The lowest BCUT2D eigenvalue weighted by atomic mass is 9.96. The Morgan fingerprint density at radius 1 is 0.917 bits per heavy atom. The molecule has 0 aliphatic carbocycles. The maximum atomic E-state index is 10.8. The average molecular weight is 344 g/mol. The predicted molar refractivity (Wildman–Crippen MR) is 98.6 cm³/mol. The van der Waals surface area contributed by atoms with Gasteiger partial charge in [0.2, 0.25) is 0 Å². The van der Waals surface area contributed by atoms with Gasteiger partial charge in [-0.2, -0.15) is 0 Å². The molecule has 0 bridgehead atoms. The van der Waals surface area contributed by atoms with E-state index in [1.165, 1.54) is 57.8 Å². The molecular formula is C20H41NO3. The Balaban J connectivity index is 3.63. The molecule has 0 aliphatic heterocycles. The standard InChI is InChI=1S/C20H41NO3/c1-5-6-7-8-9-10-11-12-13-14-15-16-20(2,24)18-21(3,4)17-19(22)23/h24H,5-18H2,1-4H3. The summed E-state index contributed by atoms with van der Waals surface area (Å²) < 4.78 is 0.257. The number of aliphatic carboxylic acids is 1. The van der Waals surface area contributed by atoms with Crippen LogP contribution in [0.2, 0.25) is 0 Å². The first-order valence-corrected chi connectivity index (χ1v) is 9.93. The lowest BCUT2D eigenvalue weighted by Gasteiger charge is -2.36. The largest absolute Gasteiger partial charge is 0.544 e. The summed E-state index contributed by atoms with van der Waals surface area (Å²) in [6.45, 7) is 4.45. The average Bonchev–Trinajstić information content (AvgIpc) is 2.41. The summed E-state index contributed by atoms with van der Waals surface area (Å²) in [5.41, 5.74) is -0.807. The van der Waals surface area contributed by atoms with Gasteiger partial charge in [-0.3, -0.25) is 0 Å². The highest BCUT2D eigenvalue weighted by Gasteiger charge is 2.30. The fourth-order valence-electron chi connectivity index (χ4n) is 3.58. The Morgan fingerprint density at radius 3 is 1.75 bits per heavy atom. The van der Waals surface area contributed by atoms with Crippen molar-refractivity contribution in [2.24, 2.45) is 0 Å². The van der Waals surface area contributed by atoms with Crippen LogP contribution in [0.25, 0.3) is 0 Å². The second-order valence-corrected chi connectivity index (χ2v) is 8.41. The van der Waals surface area contributed by atoms with E-state index in [0.717, 1.165) is 19.3 Å². The van der Waals surface area contributed by atoms with Crippen LogP contribution in [-0.2, 0) is 4.79 Å². The molecule has 0 saturated carbocycles. The molecule has 24 heavy (non-hydrogen) atoms. The van der Waals surface area contributed by atoms with E-state index < -0.39 is 11.6 Å². The van der Waals surface area contributed by atoms with Gasteiger partial charge < -0.3 is 19.5 Å². The highest BCUT2D eigenvalue weighted by Crippen LogP contribution is 2.19. The molecule has 0 aromatic rings. The van der Waals surface area contributed by atoms with E-state index >= 15 is 0 Å². The third-order valence-electron chi connectivity index (χ3n) is 4.64. The van der Waals surface area contributed by atoms with Crippen molar-refractivity contribution < 1.29 is 19.5 Å². The van der Waals surface area contributed by atoms with Crippen molar-refractivity contribution in [1.82, 2.24) is 0 Å². The van der Waals surface area contributed by atoms with Gasteiger partial charge >= 0.3 is 0 Å². The molecule has 0 spiro atoms. The Labute approximate surface area is 149 Å². The van der Waals surface area contributed by atoms with Crippen molar-refractivity contribution >= 4 is 5.97 Å². The molecule has 0 amide bonds. The zero-order valence-electron chi connectivity index (χ0n) is 16.6. The van der Waals surface area contributed by atoms with Gasteiger partial charge in [-0.1, -0.05) is 77.6 Å². The van der Waals surface area contributed by atoms with Gasteiger partial charge in [0.05, 0.1) is 20.1 Å². The van der Waals surface area contributed by atoms with E-state index in [1.54, 1.807) is 0 Å². The number of quaternary nitrogens is 1. The highest BCUT2D eigenvalue weighted by molar-refractivity contribution is 5.65. The number of likely N-dealkylation sites (N-methyl/N-ethyl adjacent to an activating group) is 1. The number of carboxylic acids is 1. The molecule has 0 rings (SSSR count). The van der Waals surface area contributed by atoms with E-state index in [2.05, 4.69) is 6.92 Å². The van der Waals surface area contributed by atoms with Crippen molar-refractivity contribution in [2.45, 2.75) is 96.5 Å². The number of carbonyl (C=O) groups is 1. The summed E-state index contributed by atoms with van der Waals surface area (Å²) in [7, 11) is 3.65. The van der Waals surface area contributed by atoms with Crippen molar-refractivity contribution in [2.75, 3.05) is 27.2 Å². The van der Waals surface area contributed by atoms with Crippen LogP contribution in [0.4, 0.5) is 0 Å². The molecular weight excluding hydrogens is 302 g/mol. The molecule has 1 unspecified atom stereocenters. The SMILES string of the molecule is CCCCCCCCCCCCCC(C)(O)C[N+](C)(C)CC(=O)[O-]. The minimum atomic E-state index is -1.06. The number of hydrogen-bond donors (Lipinski definition) is 1. The summed E-state index contributed by atoms with van der Waals surface area (Å²) in [4.78, 5) is 10.8. The van der Waals surface area contributed by atoms with Gasteiger partial charge in [0.1, 0.15) is 18.7 Å². The fourth-order valence-corrected chi connectivity index (χ4v) is 3.58. The van der Waals surface area contributed by atoms with Gasteiger partial charge in [0.15, 0.2) is 0 Å². The van der Waals surface area contributed by atoms with Crippen LogP contribution in [0.5, 0.6) is 0 Å². The Bertz CT molecular complexity index is 327. The van der Waals surface area contributed by atoms with Gasteiger partial charge in [-0.15, -0.1) is 0 Å². The summed E-state index contributed by atoms with van der Waals surface area (Å²) in [5, 5.41) is 21.2. The summed E-state index contributed by atoms with van der Waals surface area (Å²) >= 11 is 0. The van der Waals surface area contributed by atoms with E-state index in [9.17, 15) is 15.0 Å². The zero-order chi connectivity index (χ0) is 18.5. The first kappa shape index (κ1) is 23.4. The number of nitrogens with zero attached hydrogens (tertiary/aromatic N) is 1. The predicted octanol–water partition coefficient (Wildman–Crippen LogP) is 3.26. The lowest BCUT2D eigenvalue weighted by Crippen LogP contribution is -2.55. The van der Waals surface area contributed by atoms with Gasteiger partial charge in [0, 0.05) is 0 Å². The number of aliphatic hydroxyl groups is 1. The molecule has 1 N–H and O–H groups in total. The summed E-state index contributed by atoms with van der Waals surface area (Å²) in [6.07, 6.45) is 15.0. The van der Waals surface area contributed by atoms with Crippen LogP contribution in [-0.4, -0.2) is 48.3 Å². The zero-order valence-corrected chi connectivity index (χ0v) is 16.6. The van der Waals surface area contributed by atoms with Crippen molar-refractivity contribution in [3.8, 4) is 0 Å². The van der Waals surface area contributed by atoms with Gasteiger partial charge in [-0.05, 0) is 13.3 Å². The van der Waals surface area contributed by atoms with Crippen LogP contribution in [0.1, 0.15) is 90.9 Å². The smallest absolute Gasteiger partial charge is 0.119 e. The molecule has 0 saturated heterocycles. The van der Waals surface area contributed by atoms with Crippen molar-refractivity contribution in [3.05, 3.63) is 0 Å². The summed E-state index contributed by atoms with van der Waals surface area (Å²) in [5.74, 6) is -1.06. The molecule has 0 radical (unpaired) electrons. The minimum Gasteiger partial charge on any atom is -0.544 e. The van der Waals surface area contributed by atoms with Crippen LogP contribution in [0.15, 0.2) is 0 Å². The Morgan fingerprint density at radius 2 is 1.33 bits per heavy atom. The third-order valence-corrected chi connectivity index (χ3v) is 4.64. The van der Waals surface area contributed by atoms with E-state index in [1.807, 2.05) is 21.0 Å². The Kier molecular flexibility index (Phi) is 12.4. The normalized spacial score (nSPS) is 14.5. The van der Waals surface area contributed by atoms with E-state index in [0.29, 0.717) is 6.54 Å². The summed E-state index contributed by atoms with van der Waals surface area (Å²) in [6, 6.07) is 0. The lowest BCUT2D eigenvalue weighted by molar-refractivity contribution is -0.891. The quantitative estimate of drug-likeness (QED) is 0.346.